The average molecular weight is 185 g/mol. The molecule has 0 aromatic heterocycles. The molecule has 1 rings (SSSR count). The van der Waals surface area contributed by atoms with Crippen LogP contribution in [-0.4, -0.2) is 25.0 Å². The summed E-state index contributed by atoms with van der Waals surface area (Å²) in [6, 6.07) is 0.259. The Kier molecular flexibility index (Phi) is 4.18. The molecule has 4 nitrogen and oxygen atoms in total. The largest absolute Gasteiger partial charge is 0.352 e. The van der Waals surface area contributed by atoms with Crippen molar-refractivity contribution in [2.24, 2.45) is 17.4 Å². The Hall–Kier alpha value is -0.610. The summed E-state index contributed by atoms with van der Waals surface area (Å²) in [5.41, 5.74) is 10.9. The summed E-state index contributed by atoms with van der Waals surface area (Å²) >= 11 is 0. The first-order valence-electron chi connectivity index (χ1n) is 4.97. The van der Waals surface area contributed by atoms with Gasteiger partial charge in [0.1, 0.15) is 0 Å². The minimum Gasteiger partial charge on any atom is -0.352 e. The maximum absolute atomic E-state index is 11.1. The molecule has 0 heterocycles. The predicted molar refractivity (Wildman–Crippen MR) is 52.0 cm³/mol. The van der Waals surface area contributed by atoms with Gasteiger partial charge in [0.05, 0.1) is 6.54 Å². The van der Waals surface area contributed by atoms with Crippen molar-refractivity contribution < 1.29 is 4.79 Å². The Labute approximate surface area is 79.0 Å². The van der Waals surface area contributed by atoms with Crippen LogP contribution in [0.5, 0.6) is 0 Å². The van der Waals surface area contributed by atoms with Crippen molar-refractivity contribution >= 4 is 5.91 Å². The Morgan fingerprint density at radius 1 is 1.31 bits per heavy atom. The number of amides is 1. The van der Waals surface area contributed by atoms with Gasteiger partial charge in [0.2, 0.25) is 5.91 Å². The van der Waals surface area contributed by atoms with E-state index in [2.05, 4.69) is 5.32 Å². The summed E-state index contributed by atoms with van der Waals surface area (Å²) in [7, 11) is 0. The fraction of sp³-hybridized carbons (Fsp3) is 0.889. The van der Waals surface area contributed by atoms with E-state index in [-0.39, 0.29) is 18.5 Å². The highest BCUT2D eigenvalue weighted by Gasteiger charge is 2.24. The van der Waals surface area contributed by atoms with Crippen LogP contribution in [0.15, 0.2) is 0 Å². The van der Waals surface area contributed by atoms with Crippen molar-refractivity contribution in [2.45, 2.75) is 31.7 Å². The van der Waals surface area contributed by atoms with E-state index in [1.54, 1.807) is 0 Å². The summed E-state index contributed by atoms with van der Waals surface area (Å²) < 4.78 is 0. The highest BCUT2D eigenvalue weighted by molar-refractivity contribution is 5.78. The quantitative estimate of drug-likeness (QED) is 0.558. The van der Waals surface area contributed by atoms with Gasteiger partial charge in [0.25, 0.3) is 0 Å². The Morgan fingerprint density at radius 3 is 2.62 bits per heavy atom. The fourth-order valence-electron chi connectivity index (χ4n) is 1.95. The first-order chi connectivity index (χ1) is 6.27. The lowest BCUT2D eigenvalue weighted by molar-refractivity contribution is -0.121. The third-order valence-corrected chi connectivity index (χ3v) is 2.74. The molecule has 76 valence electrons. The Morgan fingerprint density at radius 2 is 2.00 bits per heavy atom. The monoisotopic (exact) mass is 185 g/mol. The smallest absolute Gasteiger partial charge is 0.233 e. The van der Waals surface area contributed by atoms with Crippen LogP contribution < -0.4 is 16.8 Å². The molecule has 4 heteroatoms. The molecular weight excluding hydrogens is 166 g/mol. The minimum absolute atomic E-state index is 0.0645. The molecule has 0 saturated heterocycles. The van der Waals surface area contributed by atoms with E-state index in [0.717, 1.165) is 12.8 Å². The molecule has 0 aromatic carbocycles. The third kappa shape index (κ3) is 2.97. The van der Waals surface area contributed by atoms with E-state index in [0.29, 0.717) is 12.5 Å². The van der Waals surface area contributed by atoms with Gasteiger partial charge in [-0.2, -0.15) is 0 Å². The molecule has 1 aliphatic carbocycles. The lowest BCUT2D eigenvalue weighted by Gasteiger charge is -2.31. The van der Waals surface area contributed by atoms with Crippen molar-refractivity contribution in [2.75, 3.05) is 13.1 Å². The van der Waals surface area contributed by atoms with Crippen molar-refractivity contribution in [1.29, 1.82) is 0 Å². The summed E-state index contributed by atoms with van der Waals surface area (Å²) in [4.78, 5) is 11.1. The summed E-state index contributed by atoms with van der Waals surface area (Å²) in [5, 5.41) is 2.93. The van der Waals surface area contributed by atoms with Crippen molar-refractivity contribution in [3.8, 4) is 0 Å². The molecule has 0 aromatic rings. The number of hydrogen-bond acceptors (Lipinski definition) is 3. The standard InChI is InChI=1S/C9H19N3O/c10-5-7-3-1-2-4-8(7)12-9(13)6-11/h7-8H,1-6,10-11H2,(H,12,13). The molecule has 0 spiro atoms. The molecule has 0 radical (unpaired) electrons. The van der Waals surface area contributed by atoms with Crippen LogP contribution in [0.3, 0.4) is 0 Å². The Bertz CT molecular complexity index is 172. The maximum atomic E-state index is 11.1. The van der Waals surface area contributed by atoms with E-state index >= 15 is 0 Å². The molecule has 0 aliphatic heterocycles. The van der Waals surface area contributed by atoms with Crippen LogP contribution >= 0.6 is 0 Å². The first kappa shape index (κ1) is 10.5. The summed E-state index contributed by atoms with van der Waals surface area (Å²) in [6.45, 7) is 0.739. The summed E-state index contributed by atoms with van der Waals surface area (Å²) in [6.07, 6.45) is 4.60. The van der Waals surface area contributed by atoms with Crippen LogP contribution in [0.2, 0.25) is 0 Å². The van der Waals surface area contributed by atoms with Crippen molar-refractivity contribution in [3.63, 3.8) is 0 Å². The van der Waals surface area contributed by atoms with Crippen LogP contribution in [0.1, 0.15) is 25.7 Å². The molecule has 0 bridgehead atoms. The van der Waals surface area contributed by atoms with E-state index in [1.807, 2.05) is 0 Å². The normalized spacial score (nSPS) is 28.5. The van der Waals surface area contributed by atoms with E-state index in [1.165, 1.54) is 12.8 Å². The molecule has 2 atom stereocenters. The van der Waals surface area contributed by atoms with Crippen LogP contribution in [0, 0.1) is 5.92 Å². The topological polar surface area (TPSA) is 81.1 Å². The maximum Gasteiger partial charge on any atom is 0.233 e. The zero-order valence-electron chi connectivity index (χ0n) is 7.96. The van der Waals surface area contributed by atoms with Gasteiger partial charge in [-0.3, -0.25) is 4.79 Å². The van der Waals surface area contributed by atoms with Gasteiger partial charge in [0, 0.05) is 6.04 Å². The molecule has 1 aliphatic rings. The predicted octanol–water partition coefficient (Wildman–Crippen LogP) is -0.421. The third-order valence-electron chi connectivity index (χ3n) is 2.74. The average Bonchev–Trinajstić information content (AvgIpc) is 2.18. The van der Waals surface area contributed by atoms with Gasteiger partial charge in [-0.05, 0) is 25.3 Å². The Balaban J connectivity index is 2.40. The van der Waals surface area contributed by atoms with E-state index in [9.17, 15) is 4.79 Å². The molecule has 1 saturated carbocycles. The molecule has 1 fully saturated rings. The SMILES string of the molecule is NCC(=O)NC1CCCCC1CN. The van der Waals surface area contributed by atoms with Gasteiger partial charge in [0.15, 0.2) is 0 Å². The second-order valence-corrected chi connectivity index (χ2v) is 3.66. The van der Waals surface area contributed by atoms with Crippen molar-refractivity contribution in [3.05, 3.63) is 0 Å². The number of hydrogen-bond donors (Lipinski definition) is 3. The minimum atomic E-state index is -0.0645. The van der Waals surface area contributed by atoms with E-state index < -0.39 is 0 Å². The zero-order valence-corrected chi connectivity index (χ0v) is 7.96. The van der Waals surface area contributed by atoms with Gasteiger partial charge in [-0.25, -0.2) is 0 Å². The lowest BCUT2D eigenvalue weighted by atomic mass is 9.84. The van der Waals surface area contributed by atoms with Gasteiger partial charge >= 0.3 is 0 Å². The number of carbonyl (C=O) groups is 1. The van der Waals surface area contributed by atoms with E-state index in [4.69, 9.17) is 11.5 Å². The number of nitrogens with two attached hydrogens (primary N) is 2. The number of rotatable bonds is 3. The first-order valence-corrected chi connectivity index (χ1v) is 4.97. The molecule has 13 heavy (non-hydrogen) atoms. The zero-order chi connectivity index (χ0) is 9.68. The summed E-state index contributed by atoms with van der Waals surface area (Å²) in [5.74, 6) is 0.384. The number of carbonyl (C=O) groups excluding carboxylic acids is 1. The molecular formula is C9H19N3O. The molecule has 1 amide bonds. The highest BCUT2D eigenvalue weighted by atomic mass is 16.1. The van der Waals surface area contributed by atoms with Crippen molar-refractivity contribution in [1.82, 2.24) is 5.32 Å². The fourth-order valence-corrected chi connectivity index (χ4v) is 1.95. The lowest BCUT2D eigenvalue weighted by Crippen LogP contribution is -2.46. The second kappa shape index (κ2) is 5.19. The van der Waals surface area contributed by atoms with Crippen LogP contribution in [-0.2, 0) is 4.79 Å². The van der Waals surface area contributed by atoms with Gasteiger partial charge < -0.3 is 16.8 Å². The molecule has 2 unspecified atom stereocenters. The van der Waals surface area contributed by atoms with Gasteiger partial charge in [-0.1, -0.05) is 12.8 Å². The highest BCUT2D eigenvalue weighted by Crippen LogP contribution is 2.23. The number of nitrogens with one attached hydrogen (secondary N) is 1. The van der Waals surface area contributed by atoms with Crippen LogP contribution in [0.4, 0.5) is 0 Å². The van der Waals surface area contributed by atoms with Crippen LogP contribution in [0.25, 0.3) is 0 Å². The molecule has 5 N–H and O–H groups in total. The van der Waals surface area contributed by atoms with Gasteiger partial charge in [-0.15, -0.1) is 0 Å². The second-order valence-electron chi connectivity index (χ2n) is 3.66.